The molecule has 0 spiro atoms. The van der Waals surface area contributed by atoms with Gasteiger partial charge in [0, 0.05) is 42.6 Å². The number of carbonyl (C=O) groups excluding carboxylic acids is 2. The summed E-state index contributed by atoms with van der Waals surface area (Å²) in [6, 6.07) is 11.5. The van der Waals surface area contributed by atoms with Gasteiger partial charge in [0.15, 0.2) is 0 Å². The van der Waals surface area contributed by atoms with Crippen molar-refractivity contribution in [3.63, 3.8) is 0 Å². The zero-order chi connectivity index (χ0) is 19.1. The van der Waals surface area contributed by atoms with E-state index in [1.165, 1.54) is 17.4 Å². The van der Waals surface area contributed by atoms with Crippen LogP contribution in [0.2, 0.25) is 0 Å². The van der Waals surface area contributed by atoms with Crippen LogP contribution >= 0.6 is 11.8 Å². The Labute approximate surface area is 163 Å². The SMILES string of the molecule is CSc1ccccc1NC(=O)C(=O)NCC1CCN(c2ccncc2)CC1. The van der Waals surface area contributed by atoms with Gasteiger partial charge in [0.1, 0.15) is 0 Å². The first kappa shape index (κ1) is 19.2. The number of hydrogen-bond donors (Lipinski definition) is 2. The largest absolute Gasteiger partial charge is 0.371 e. The standard InChI is InChI=1S/C20H24N4O2S/c1-27-18-5-3-2-4-17(18)23-20(26)19(25)22-14-15-8-12-24(13-9-15)16-6-10-21-11-7-16/h2-7,10-11,15H,8-9,12-14H2,1H3,(H,22,25)(H,23,26). The molecule has 1 fully saturated rings. The highest BCUT2D eigenvalue weighted by Gasteiger charge is 2.21. The number of carbonyl (C=O) groups is 2. The van der Waals surface area contributed by atoms with Crippen LogP contribution in [-0.2, 0) is 9.59 Å². The van der Waals surface area contributed by atoms with Gasteiger partial charge in [-0.15, -0.1) is 11.8 Å². The third-order valence-corrected chi connectivity index (χ3v) is 5.55. The van der Waals surface area contributed by atoms with Crippen molar-refractivity contribution in [2.75, 3.05) is 36.1 Å². The van der Waals surface area contributed by atoms with Gasteiger partial charge in [-0.2, -0.15) is 0 Å². The Morgan fingerprint density at radius 3 is 2.52 bits per heavy atom. The van der Waals surface area contributed by atoms with Crippen LogP contribution in [-0.4, -0.2) is 42.7 Å². The van der Waals surface area contributed by atoms with Crippen molar-refractivity contribution in [2.24, 2.45) is 5.92 Å². The summed E-state index contributed by atoms with van der Waals surface area (Å²) in [4.78, 5) is 31.6. The van der Waals surface area contributed by atoms with Crippen molar-refractivity contribution in [3.05, 3.63) is 48.8 Å². The Balaban J connectivity index is 1.43. The fourth-order valence-electron chi connectivity index (χ4n) is 3.19. The minimum Gasteiger partial charge on any atom is -0.371 e. The van der Waals surface area contributed by atoms with Gasteiger partial charge >= 0.3 is 11.8 Å². The van der Waals surface area contributed by atoms with Gasteiger partial charge in [0.25, 0.3) is 0 Å². The lowest BCUT2D eigenvalue weighted by atomic mass is 9.96. The maximum absolute atomic E-state index is 12.1. The number of benzene rings is 1. The molecule has 0 radical (unpaired) electrons. The van der Waals surface area contributed by atoms with Gasteiger partial charge in [0.05, 0.1) is 5.69 Å². The third-order valence-electron chi connectivity index (χ3n) is 4.76. The number of thioether (sulfide) groups is 1. The van der Waals surface area contributed by atoms with E-state index in [-0.39, 0.29) is 0 Å². The van der Waals surface area contributed by atoms with Crippen LogP contribution in [0.5, 0.6) is 0 Å². The number of nitrogens with one attached hydrogen (secondary N) is 2. The number of aromatic nitrogens is 1. The Hall–Kier alpha value is -2.54. The molecule has 2 N–H and O–H groups in total. The maximum atomic E-state index is 12.1. The third kappa shape index (κ3) is 5.23. The number of nitrogens with zero attached hydrogens (tertiary/aromatic N) is 2. The molecule has 0 atom stereocenters. The van der Waals surface area contributed by atoms with E-state index in [0.717, 1.165) is 30.8 Å². The van der Waals surface area contributed by atoms with Gasteiger partial charge in [-0.25, -0.2) is 0 Å². The number of pyridine rings is 1. The zero-order valence-electron chi connectivity index (χ0n) is 15.4. The van der Waals surface area contributed by atoms with E-state index in [9.17, 15) is 9.59 Å². The molecule has 2 amide bonds. The molecule has 6 nitrogen and oxygen atoms in total. The van der Waals surface area contributed by atoms with Gasteiger partial charge in [-0.1, -0.05) is 12.1 Å². The van der Waals surface area contributed by atoms with Crippen molar-refractivity contribution in [1.82, 2.24) is 10.3 Å². The Kier molecular flexibility index (Phi) is 6.70. The summed E-state index contributed by atoms with van der Waals surface area (Å²) in [7, 11) is 0. The Morgan fingerprint density at radius 2 is 1.81 bits per heavy atom. The lowest BCUT2D eigenvalue weighted by Crippen LogP contribution is -2.41. The molecule has 3 rings (SSSR count). The summed E-state index contributed by atoms with van der Waals surface area (Å²) in [5, 5.41) is 5.47. The second-order valence-electron chi connectivity index (χ2n) is 6.50. The summed E-state index contributed by atoms with van der Waals surface area (Å²) in [5.74, 6) is -0.813. The molecule has 1 aromatic heterocycles. The van der Waals surface area contributed by atoms with E-state index in [1.807, 2.05) is 36.6 Å². The normalized spacial score (nSPS) is 14.6. The number of para-hydroxylation sites is 1. The molecule has 0 bridgehead atoms. The predicted octanol–water partition coefficient (Wildman–Crippen LogP) is 2.77. The molecule has 2 heterocycles. The van der Waals surface area contributed by atoms with Crippen LogP contribution in [0.15, 0.2) is 53.7 Å². The summed E-state index contributed by atoms with van der Waals surface area (Å²) in [6.07, 6.45) is 7.51. The molecule has 1 saturated heterocycles. The summed E-state index contributed by atoms with van der Waals surface area (Å²) >= 11 is 1.53. The lowest BCUT2D eigenvalue weighted by molar-refractivity contribution is -0.136. The van der Waals surface area contributed by atoms with Gasteiger partial charge in [-0.3, -0.25) is 14.6 Å². The molecule has 0 saturated carbocycles. The molecule has 27 heavy (non-hydrogen) atoms. The van der Waals surface area contributed by atoms with Crippen LogP contribution in [0.4, 0.5) is 11.4 Å². The first-order chi connectivity index (χ1) is 13.2. The van der Waals surface area contributed by atoms with Crippen molar-refractivity contribution in [1.29, 1.82) is 0 Å². The van der Waals surface area contributed by atoms with E-state index in [2.05, 4.69) is 20.5 Å². The first-order valence-corrected chi connectivity index (χ1v) is 10.3. The van der Waals surface area contributed by atoms with Crippen molar-refractivity contribution >= 4 is 35.0 Å². The molecule has 0 aliphatic carbocycles. The fraction of sp³-hybridized carbons (Fsp3) is 0.350. The van der Waals surface area contributed by atoms with E-state index < -0.39 is 11.8 Å². The highest BCUT2D eigenvalue weighted by molar-refractivity contribution is 7.98. The van der Waals surface area contributed by atoms with Crippen molar-refractivity contribution < 1.29 is 9.59 Å². The van der Waals surface area contributed by atoms with Crippen molar-refractivity contribution in [2.45, 2.75) is 17.7 Å². The van der Waals surface area contributed by atoms with Gasteiger partial charge < -0.3 is 15.5 Å². The van der Waals surface area contributed by atoms with E-state index >= 15 is 0 Å². The highest BCUT2D eigenvalue weighted by atomic mass is 32.2. The molecule has 142 valence electrons. The number of piperidine rings is 1. The second kappa shape index (κ2) is 9.41. The smallest absolute Gasteiger partial charge is 0.313 e. The first-order valence-electron chi connectivity index (χ1n) is 9.04. The average molecular weight is 385 g/mol. The Morgan fingerprint density at radius 1 is 1.11 bits per heavy atom. The maximum Gasteiger partial charge on any atom is 0.313 e. The van der Waals surface area contributed by atoms with Gasteiger partial charge in [0.2, 0.25) is 0 Å². The number of hydrogen-bond acceptors (Lipinski definition) is 5. The number of anilines is 2. The summed E-state index contributed by atoms with van der Waals surface area (Å²) in [5.41, 5.74) is 1.84. The second-order valence-corrected chi connectivity index (χ2v) is 7.35. The van der Waals surface area contributed by atoms with Gasteiger partial charge in [-0.05, 0) is 49.3 Å². The van der Waals surface area contributed by atoms with Crippen molar-refractivity contribution in [3.8, 4) is 0 Å². The van der Waals surface area contributed by atoms with E-state index in [0.29, 0.717) is 18.2 Å². The van der Waals surface area contributed by atoms with Crippen LogP contribution in [0.1, 0.15) is 12.8 Å². The molecular weight excluding hydrogens is 360 g/mol. The van der Waals surface area contributed by atoms with Crippen LogP contribution in [0, 0.1) is 5.92 Å². The highest BCUT2D eigenvalue weighted by Crippen LogP contribution is 2.24. The molecule has 1 aromatic carbocycles. The number of amides is 2. The zero-order valence-corrected chi connectivity index (χ0v) is 16.2. The Bertz CT molecular complexity index is 777. The lowest BCUT2D eigenvalue weighted by Gasteiger charge is -2.33. The van der Waals surface area contributed by atoms with Crippen LogP contribution in [0.25, 0.3) is 0 Å². The summed E-state index contributed by atoms with van der Waals surface area (Å²) in [6.45, 7) is 2.41. The minimum absolute atomic E-state index is 0.387. The van der Waals surface area contributed by atoms with E-state index in [1.54, 1.807) is 18.5 Å². The topological polar surface area (TPSA) is 74.3 Å². The average Bonchev–Trinajstić information content (AvgIpc) is 2.73. The van der Waals surface area contributed by atoms with E-state index in [4.69, 9.17) is 0 Å². The molecule has 1 aliphatic heterocycles. The molecule has 0 unspecified atom stereocenters. The molecule has 1 aliphatic rings. The molecule has 7 heteroatoms. The van der Waals surface area contributed by atoms with Crippen LogP contribution < -0.4 is 15.5 Å². The quantitative estimate of drug-likeness (QED) is 0.613. The minimum atomic E-state index is -0.620. The summed E-state index contributed by atoms with van der Waals surface area (Å²) < 4.78 is 0. The number of rotatable bonds is 5. The predicted molar refractivity (Wildman–Crippen MR) is 109 cm³/mol. The molecular formula is C20H24N4O2S. The fourth-order valence-corrected chi connectivity index (χ4v) is 3.75. The molecule has 2 aromatic rings. The monoisotopic (exact) mass is 384 g/mol. The van der Waals surface area contributed by atoms with Crippen LogP contribution in [0.3, 0.4) is 0 Å².